The van der Waals surface area contributed by atoms with Gasteiger partial charge in [-0.25, -0.2) is 4.79 Å². The molecule has 25 heavy (non-hydrogen) atoms. The van der Waals surface area contributed by atoms with Gasteiger partial charge in [0.1, 0.15) is 6.54 Å². The first-order chi connectivity index (χ1) is 12.2. The van der Waals surface area contributed by atoms with E-state index in [1.54, 1.807) is 11.8 Å². The van der Waals surface area contributed by atoms with Gasteiger partial charge in [-0.3, -0.25) is 4.90 Å². The minimum Gasteiger partial charge on any atom is -0.337 e. The molecule has 0 bridgehead atoms. The molecule has 132 valence electrons. The highest BCUT2D eigenvalue weighted by Gasteiger charge is 2.37. The third-order valence-corrected chi connectivity index (χ3v) is 4.96. The number of amides is 2. The Labute approximate surface area is 147 Å². The smallest absolute Gasteiger partial charge is 0.320 e. The lowest BCUT2D eigenvalue weighted by atomic mass is 10.2. The maximum absolute atomic E-state index is 12.7. The van der Waals surface area contributed by atoms with Crippen LogP contribution in [0.2, 0.25) is 0 Å². The molecule has 3 heterocycles. The normalized spacial score (nSPS) is 21.5. The quantitative estimate of drug-likeness (QED) is 0.831. The summed E-state index contributed by atoms with van der Waals surface area (Å²) in [7, 11) is 0. The van der Waals surface area contributed by atoms with Crippen molar-refractivity contribution in [2.45, 2.75) is 32.5 Å². The standard InChI is InChI=1S/C18H23N5O2/c1-14-19-17(25-20-14)13-22-9-10-23(18(22)24)16-7-8-21(12-16)11-15-5-3-2-4-6-15/h2-6,16H,7-13H2,1H3. The van der Waals surface area contributed by atoms with Crippen molar-refractivity contribution in [3.8, 4) is 0 Å². The predicted octanol–water partition coefficient (Wildman–Crippen LogP) is 1.89. The summed E-state index contributed by atoms with van der Waals surface area (Å²) in [4.78, 5) is 23.1. The second-order valence-corrected chi connectivity index (χ2v) is 6.80. The minimum absolute atomic E-state index is 0.0856. The molecule has 0 spiro atoms. The van der Waals surface area contributed by atoms with Gasteiger partial charge in [0.05, 0.1) is 0 Å². The molecule has 4 rings (SSSR count). The van der Waals surface area contributed by atoms with Crippen LogP contribution in [-0.4, -0.2) is 63.1 Å². The Morgan fingerprint density at radius 2 is 2.00 bits per heavy atom. The molecule has 0 aliphatic carbocycles. The molecule has 1 atom stereocenters. The molecule has 2 aliphatic heterocycles. The largest absolute Gasteiger partial charge is 0.337 e. The summed E-state index contributed by atoms with van der Waals surface area (Å²) in [6.07, 6.45) is 1.03. The van der Waals surface area contributed by atoms with Gasteiger partial charge in [-0.15, -0.1) is 0 Å². The van der Waals surface area contributed by atoms with Crippen LogP contribution in [0.4, 0.5) is 4.79 Å². The van der Waals surface area contributed by atoms with Gasteiger partial charge < -0.3 is 14.3 Å². The van der Waals surface area contributed by atoms with Gasteiger partial charge >= 0.3 is 6.03 Å². The van der Waals surface area contributed by atoms with Crippen LogP contribution in [0.1, 0.15) is 23.7 Å². The van der Waals surface area contributed by atoms with Crippen LogP contribution >= 0.6 is 0 Å². The number of hydrogen-bond acceptors (Lipinski definition) is 5. The Morgan fingerprint density at radius 1 is 1.16 bits per heavy atom. The van der Waals surface area contributed by atoms with Gasteiger partial charge in [0.25, 0.3) is 0 Å². The van der Waals surface area contributed by atoms with Crippen molar-refractivity contribution in [2.75, 3.05) is 26.2 Å². The van der Waals surface area contributed by atoms with Crippen molar-refractivity contribution >= 4 is 6.03 Å². The molecule has 2 aromatic rings. The van der Waals surface area contributed by atoms with Crippen LogP contribution in [0.3, 0.4) is 0 Å². The zero-order valence-corrected chi connectivity index (χ0v) is 14.5. The highest BCUT2D eigenvalue weighted by Crippen LogP contribution is 2.23. The lowest BCUT2D eigenvalue weighted by Crippen LogP contribution is -2.40. The second kappa shape index (κ2) is 6.84. The second-order valence-electron chi connectivity index (χ2n) is 6.80. The van der Waals surface area contributed by atoms with Gasteiger partial charge in [0, 0.05) is 38.8 Å². The number of carbonyl (C=O) groups excluding carboxylic acids is 1. The molecule has 0 N–H and O–H groups in total. The van der Waals surface area contributed by atoms with E-state index in [0.717, 1.165) is 39.1 Å². The van der Waals surface area contributed by atoms with Gasteiger partial charge in [0.2, 0.25) is 5.89 Å². The van der Waals surface area contributed by atoms with Crippen LogP contribution in [-0.2, 0) is 13.1 Å². The van der Waals surface area contributed by atoms with E-state index < -0.39 is 0 Å². The van der Waals surface area contributed by atoms with Crippen molar-refractivity contribution < 1.29 is 9.32 Å². The van der Waals surface area contributed by atoms with Crippen LogP contribution in [0, 0.1) is 6.92 Å². The maximum Gasteiger partial charge on any atom is 0.320 e. The van der Waals surface area contributed by atoms with Gasteiger partial charge in [-0.05, 0) is 18.9 Å². The summed E-state index contributed by atoms with van der Waals surface area (Å²) in [6, 6.07) is 10.9. The van der Waals surface area contributed by atoms with E-state index >= 15 is 0 Å². The first-order valence-electron chi connectivity index (χ1n) is 8.80. The van der Waals surface area contributed by atoms with Crippen molar-refractivity contribution in [2.24, 2.45) is 0 Å². The zero-order valence-electron chi connectivity index (χ0n) is 14.5. The summed E-state index contributed by atoms with van der Waals surface area (Å²) in [5.74, 6) is 1.11. The predicted molar refractivity (Wildman–Crippen MR) is 91.7 cm³/mol. The molecule has 2 amide bonds. The lowest BCUT2D eigenvalue weighted by molar-refractivity contribution is 0.170. The first-order valence-corrected chi connectivity index (χ1v) is 8.80. The third-order valence-electron chi connectivity index (χ3n) is 4.96. The zero-order chi connectivity index (χ0) is 17.2. The van der Waals surface area contributed by atoms with Gasteiger partial charge in [-0.2, -0.15) is 4.98 Å². The summed E-state index contributed by atoms with van der Waals surface area (Å²) in [5.41, 5.74) is 1.32. The number of hydrogen-bond donors (Lipinski definition) is 0. The summed E-state index contributed by atoms with van der Waals surface area (Å²) >= 11 is 0. The molecule has 2 aliphatic rings. The summed E-state index contributed by atoms with van der Waals surface area (Å²) in [6.45, 7) is 6.59. The average Bonchev–Trinajstić information content (AvgIpc) is 3.31. The number of aryl methyl sites for hydroxylation is 1. The monoisotopic (exact) mass is 341 g/mol. The molecule has 0 saturated carbocycles. The van der Waals surface area contributed by atoms with Crippen LogP contribution < -0.4 is 0 Å². The van der Waals surface area contributed by atoms with E-state index in [9.17, 15) is 4.79 Å². The Hall–Kier alpha value is -2.41. The Balaban J connectivity index is 1.33. The average molecular weight is 341 g/mol. The number of carbonyl (C=O) groups is 1. The van der Waals surface area contributed by atoms with E-state index in [-0.39, 0.29) is 6.03 Å². The Bertz CT molecular complexity index is 732. The van der Waals surface area contributed by atoms with Crippen LogP contribution in [0.15, 0.2) is 34.9 Å². The molecule has 7 nitrogen and oxygen atoms in total. The van der Waals surface area contributed by atoms with Crippen molar-refractivity contribution in [3.05, 3.63) is 47.6 Å². The van der Waals surface area contributed by atoms with E-state index in [4.69, 9.17) is 4.52 Å². The molecule has 2 saturated heterocycles. The Kier molecular flexibility index (Phi) is 4.40. The molecule has 0 radical (unpaired) electrons. The molecule has 7 heteroatoms. The maximum atomic E-state index is 12.7. The number of nitrogens with zero attached hydrogens (tertiary/aromatic N) is 5. The molecule has 1 unspecified atom stereocenters. The van der Waals surface area contributed by atoms with E-state index in [0.29, 0.717) is 24.3 Å². The fraction of sp³-hybridized carbons (Fsp3) is 0.500. The van der Waals surface area contributed by atoms with Crippen molar-refractivity contribution in [3.63, 3.8) is 0 Å². The third kappa shape index (κ3) is 3.51. The highest BCUT2D eigenvalue weighted by molar-refractivity contribution is 5.76. The van der Waals surface area contributed by atoms with Crippen molar-refractivity contribution in [1.29, 1.82) is 0 Å². The van der Waals surface area contributed by atoms with Crippen LogP contribution in [0.5, 0.6) is 0 Å². The lowest BCUT2D eigenvalue weighted by Gasteiger charge is -2.24. The van der Waals surface area contributed by atoms with Crippen LogP contribution in [0.25, 0.3) is 0 Å². The fourth-order valence-electron chi connectivity index (χ4n) is 3.71. The Morgan fingerprint density at radius 3 is 2.76 bits per heavy atom. The highest BCUT2D eigenvalue weighted by atomic mass is 16.5. The van der Waals surface area contributed by atoms with Gasteiger partial charge in [0.15, 0.2) is 5.82 Å². The number of rotatable bonds is 5. The molecule has 1 aromatic heterocycles. The van der Waals surface area contributed by atoms with E-state index in [2.05, 4.69) is 39.3 Å². The van der Waals surface area contributed by atoms with E-state index in [1.807, 2.05) is 11.0 Å². The minimum atomic E-state index is 0.0856. The van der Waals surface area contributed by atoms with Gasteiger partial charge in [-0.1, -0.05) is 35.5 Å². The molecule has 1 aromatic carbocycles. The van der Waals surface area contributed by atoms with E-state index in [1.165, 1.54) is 5.56 Å². The molecular formula is C18H23N5O2. The molecular weight excluding hydrogens is 318 g/mol. The number of likely N-dealkylation sites (tertiary alicyclic amines) is 1. The number of aromatic nitrogens is 2. The number of benzene rings is 1. The first kappa shape index (κ1) is 16.1. The van der Waals surface area contributed by atoms with Crippen molar-refractivity contribution in [1.82, 2.24) is 24.8 Å². The fourth-order valence-corrected chi connectivity index (χ4v) is 3.71. The summed E-state index contributed by atoms with van der Waals surface area (Å²) < 4.78 is 5.14. The topological polar surface area (TPSA) is 65.7 Å². The summed E-state index contributed by atoms with van der Waals surface area (Å²) in [5, 5.41) is 3.79. The number of urea groups is 1. The SMILES string of the molecule is Cc1noc(CN2CCN(C3CCN(Cc4ccccc4)C3)C2=O)n1. The molecule has 2 fully saturated rings.